The third-order valence-electron chi connectivity index (χ3n) is 4.85. The molecule has 0 saturated carbocycles. The highest BCUT2D eigenvalue weighted by Crippen LogP contribution is 2.43. The summed E-state index contributed by atoms with van der Waals surface area (Å²) in [5.74, 6) is -1.84. The molecule has 128 valence electrons. The second kappa shape index (κ2) is 5.59. The lowest BCUT2D eigenvalue weighted by Gasteiger charge is -2.37. The van der Waals surface area contributed by atoms with Gasteiger partial charge in [-0.2, -0.15) is 19.3 Å². The molecular weight excluding hydrogens is 338 g/mol. The molecule has 0 spiro atoms. The van der Waals surface area contributed by atoms with Gasteiger partial charge >= 0.3 is 0 Å². The summed E-state index contributed by atoms with van der Waals surface area (Å²) >= 11 is 0. The van der Waals surface area contributed by atoms with E-state index in [4.69, 9.17) is 0 Å². The van der Waals surface area contributed by atoms with Gasteiger partial charge < -0.3 is 0 Å². The van der Waals surface area contributed by atoms with E-state index >= 15 is 0 Å². The van der Waals surface area contributed by atoms with Crippen molar-refractivity contribution >= 4 is 10.0 Å². The zero-order chi connectivity index (χ0) is 16.9. The van der Waals surface area contributed by atoms with Gasteiger partial charge in [-0.25, -0.2) is 17.2 Å². The molecule has 0 N–H and O–H groups in total. The van der Waals surface area contributed by atoms with Crippen molar-refractivity contribution in [3.05, 3.63) is 42.2 Å². The predicted molar refractivity (Wildman–Crippen MR) is 80.5 cm³/mol. The van der Waals surface area contributed by atoms with Crippen LogP contribution in [-0.4, -0.2) is 39.8 Å². The topological polar surface area (TPSA) is 68.1 Å². The van der Waals surface area contributed by atoms with Crippen molar-refractivity contribution in [1.29, 1.82) is 0 Å². The first-order valence-electron chi connectivity index (χ1n) is 7.81. The Morgan fingerprint density at radius 3 is 2.21 bits per heavy atom. The molecule has 2 saturated heterocycles. The first-order chi connectivity index (χ1) is 11.5. The van der Waals surface area contributed by atoms with Crippen molar-refractivity contribution in [2.24, 2.45) is 0 Å². The van der Waals surface area contributed by atoms with E-state index in [2.05, 4.69) is 10.2 Å². The molecule has 2 aromatic rings. The van der Waals surface area contributed by atoms with Gasteiger partial charge in [0, 0.05) is 18.2 Å². The lowest BCUT2D eigenvalue weighted by Crippen LogP contribution is -2.47. The fraction of sp³-hybridized carbons (Fsp3) is 0.467. The molecule has 4 rings (SSSR count). The fourth-order valence-corrected chi connectivity index (χ4v) is 5.84. The summed E-state index contributed by atoms with van der Waals surface area (Å²) in [4.78, 5) is 1.16. The van der Waals surface area contributed by atoms with E-state index in [-0.39, 0.29) is 18.1 Å². The zero-order valence-electron chi connectivity index (χ0n) is 12.7. The van der Waals surface area contributed by atoms with Gasteiger partial charge in [0.2, 0.25) is 10.0 Å². The molecule has 0 radical (unpaired) electrons. The van der Waals surface area contributed by atoms with Crippen LogP contribution >= 0.6 is 0 Å². The summed E-state index contributed by atoms with van der Waals surface area (Å²) < 4.78 is 54.3. The third-order valence-corrected chi connectivity index (χ3v) is 6.89. The molecule has 0 aliphatic carbocycles. The number of aromatic nitrogens is 3. The number of piperidine rings is 1. The Hall–Kier alpha value is -1.87. The van der Waals surface area contributed by atoms with E-state index in [1.54, 1.807) is 17.2 Å². The molecule has 2 bridgehead atoms. The second-order valence-electron chi connectivity index (χ2n) is 6.27. The second-order valence-corrected chi connectivity index (χ2v) is 8.08. The first-order valence-corrected chi connectivity index (χ1v) is 9.25. The van der Waals surface area contributed by atoms with Crippen LogP contribution in [0.15, 0.2) is 35.5 Å². The maximum absolute atomic E-state index is 14.0. The van der Waals surface area contributed by atoms with Crippen LogP contribution in [0.4, 0.5) is 8.78 Å². The number of nitrogens with zero attached hydrogens (tertiary/aromatic N) is 4. The Labute approximate surface area is 138 Å². The number of benzene rings is 1. The van der Waals surface area contributed by atoms with Gasteiger partial charge in [-0.3, -0.25) is 0 Å². The first kappa shape index (κ1) is 15.6. The molecule has 0 amide bonds. The Morgan fingerprint density at radius 1 is 1.00 bits per heavy atom. The van der Waals surface area contributed by atoms with E-state index in [9.17, 15) is 17.2 Å². The number of fused-ring (bicyclic) bond motifs is 2. The highest BCUT2D eigenvalue weighted by atomic mass is 32.2. The summed E-state index contributed by atoms with van der Waals surface area (Å²) in [5, 5.41) is 8.28. The molecule has 24 heavy (non-hydrogen) atoms. The standard InChI is InChI=1S/C15H16F2N4O2S/c16-10-1-4-15(14(17)7-10)24(22,23)20-11-2-3-12(20)9-13(8-11)21-18-5-6-19-21/h1,4-7,11-13H,2-3,8-9H2. The zero-order valence-corrected chi connectivity index (χ0v) is 13.5. The summed E-state index contributed by atoms with van der Waals surface area (Å²) in [6.45, 7) is 0. The molecule has 6 nitrogen and oxygen atoms in total. The normalized spacial score (nSPS) is 27.5. The Morgan fingerprint density at radius 2 is 1.62 bits per heavy atom. The monoisotopic (exact) mass is 354 g/mol. The van der Waals surface area contributed by atoms with Crippen LogP contribution in [0.2, 0.25) is 0 Å². The number of halogens is 2. The molecule has 2 fully saturated rings. The smallest absolute Gasteiger partial charge is 0.207 e. The van der Waals surface area contributed by atoms with Crippen molar-refractivity contribution in [2.75, 3.05) is 0 Å². The van der Waals surface area contributed by atoms with Gasteiger partial charge in [0.25, 0.3) is 0 Å². The average molecular weight is 354 g/mol. The Bertz CT molecular complexity index is 842. The van der Waals surface area contributed by atoms with Crippen LogP contribution in [0, 0.1) is 11.6 Å². The number of hydrogen-bond acceptors (Lipinski definition) is 4. The predicted octanol–water partition coefficient (Wildman–Crippen LogP) is 2.11. The van der Waals surface area contributed by atoms with E-state index in [0.29, 0.717) is 18.9 Å². The molecule has 2 aliphatic rings. The van der Waals surface area contributed by atoms with Gasteiger partial charge in [0.1, 0.15) is 16.5 Å². The number of hydrogen-bond donors (Lipinski definition) is 0. The molecule has 2 aliphatic heterocycles. The van der Waals surface area contributed by atoms with E-state index in [1.165, 1.54) is 4.31 Å². The molecule has 9 heteroatoms. The lowest BCUT2D eigenvalue weighted by molar-refractivity contribution is 0.174. The van der Waals surface area contributed by atoms with Crippen molar-refractivity contribution in [1.82, 2.24) is 19.3 Å². The van der Waals surface area contributed by atoms with Crippen molar-refractivity contribution in [2.45, 2.75) is 48.7 Å². The van der Waals surface area contributed by atoms with Crippen LogP contribution in [0.5, 0.6) is 0 Å². The largest absolute Gasteiger partial charge is 0.246 e. The van der Waals surface area contributed by atoms with Crippen molar-refractivity contribution in [3.8, 4) is 0 Å². The number of rotatable bonds is 3. The van der Waals surface area contributed by atoms with Gasteiger partial charge in [0.15, 0.2) is 0 Å². The fourth-order valence-electron chi connectivity index (χ4n) is 3.90. The van der Waals surface area contributed by atoms with Gasteiger partial charge in [-0.05, 0) is 37.8 Å². The van der Waals surface area contributed by atoms with Crippen LogP contribution < -0.4 is 0 Å². The van der Waals surface area contributed by atoms with Gasteiger partial charge in [-0.1, -0.05) is 0 Å². The quantitative estimate of drug-likeness (QED) is 0.847. The minimum Gasteiger partial charge on any atom is -0.207 e. The third kappa shape index (κ3) is 2.42. The summed E-state index contributed by atoms with van der Waals surface area (Å²) in [5.41, 5.74) is 0. The lowest BCUT2D eigenvalue weighted by atomic mass is 10.0. The minimum atomic E-state index is -4.00. The number of sulfonamides is 1. The highest BCUT2D eigenvalue weighted by Gasteiger charge is 2.48. The van der Waals surface area contributed by atoms with Crippen LogP contribution in [-0.2, 0) is 10.0 Å². The van der Waals surface area contributed by atoms with Crippen LogP contribution in [0.25, 0.3) is 0 Å². The SMILES string of the molecule is O=S(=O)(c1ccc(F)cc1F)N1C2CCC1CC(n1nccn1)C2. The van der Waals surface area contributed by atoms with Crippen LogP contribution in [0.1, 0.15) is 31.7 Å². The van der Waals surface area contributed by atoms with Crippen molar-refractivity contribution < 1.29 is 17.2 Å². The van der Waals surface area contributed by atoms with Crippen LogP contribution in [0.3, 0.4) is 0 Å². The summed E-state index contributed by atoms with van der Waals surface area (Å²) in [6.07, 6.45) is 5.83. The summed E-state index contributed by atoms with van der Waals surface area (Å²) in [6, 6.07) is 2.19. The van der Waals surface area contributed by atoms with Crippen molar-refractivity contribution in [3.63, 3.8) is 0 Å². The van der Waals surface area contributed by atoms with E-state index < -0.39 is 26.6 Å². The molecule has 2 atom stereocenters. The Balaban J connectivity index is 1.65. The maximum Gasteiger partial charge on any atom is 0.246 e. The molecule has 2 unspecified atom stereocenters. The molecule has 1 aromatic carbocycles. The van der Waals surface area contributed by atoms with Gasteiger partial charge in [-0.15, -0.1) is 0 Å². The highest BCUT2D eigenvalue weighted by molar-refractivity contribution is 7.89. The van der Waals surface area contributed by atoms with E-state index in [1.807, 2.05) is 0 Å². The average Bonchev–Trinajstić information content (AvgIpc) is 3.14. The van der Waals surface area contributed by atoms with Gasteiger partial charge in [0.05, 0.1) is 18.4 Å². The minimum absolute atomic E-state index is 0.0435. The molecular formula is C15H16F2N4O2S. The van der Waals surface area contributed by atoms with E-state index in [0.717, 1.165) is 25.0 Å². The molecule has 1 aromatic heterocycles. The summed E-state index contributed by atoms with van der Waals surface area (Å²) in [7, 11) is -4.00. The molecule has 3 heterocycles. The maximum atomic E-state index is 14.0. The Kier molecular flexibility index (Phi) is 3.65.